The summed E-state index contributed by atoms with van der Waals surface area (Å²) in [6, 6.07) is 10.6. The number of rotatable bonds is 7. The summed E-state index contributed by atoms with van der Waals surface area (Å²) < 4.78 is 9.50. The normalized spacial score (nSPS) is 20.1. The number of halogens is 1. The van der Waals surface area contributed by atoms with Gasteiger partial charge >= 0.3 is 198 Å². The second-order valence-corrected chi connectivity index (χ2v) is 9.91. The molecule has 1 aromatic rings. The number of thioether (sulfide) groups is 1. The van der Waals surface area contributed by atoms with Gasteiger partial charge in [0.05, 0.1) is 7.18 Å². The third-order valence-corrected chi connectivity index (χ3v) is 7.27. The monoisotopic (exact) mass is 507 g/mol. The molecule has 1 unspecified atom stereocenters. The quantitative estimate of drug-likeness (QED) is 0.467. The molecular weight excluding hydrogens is 466 g/mol. The van der Waals surface area contributed by atoms with Crippen LogP contribution in [0.15, 0.2) is 83.3 Å². The Kier molecular flexibility index (Phi) is 13.8. The van der Waals surface area contributed by atoms with Gasteiger partial charge in [-0.3, -0.25) is 4.39 Å². The molecule has 3 heterocycles. The molecule has 1 fully saturated rings. The van der Waals surface area contributed by atoms with Gasteiger partial charge in [-0.1, -0.05) is 13.8 Å². The predicted octanol–water partition coefficient (Wildman–Crippen LogP) is 5.31. The summed E-state index contributed by atoms with van der Waals surface area (Å²) in [6.45, 7) is 9.37. The van der Waals surface area contributed by atoms with Crippen LogP contribution in [-0.4, -0.2) is 91.9 Å². The van der Waals surface area contributed by atoms with E-state index in [1.807, 2.05) is 56.0 Å². The Balaban J connectivity index is 0.00000109. The molecule has 0 aromatic heterocycles. The van der Waals surface area contributed by atoms with E-state index in [2.05, 4.69) is 65.4 Å². The Bertz CT molecular complexity index is 963. The van der Waals surface area contributed by atoms with Gasteiger partial charge in [0.25, 0.3) is 0 Å². The summed E-state index contributed by atoms with van der Waals surface area (Å²) in [5.41, 5.74) is 4.43. The second kappa shape index (κ2) is 16.5. The standard InChI is InChI=1S/C26H32BN4S.C2H6.CH3F/c1-29-13-6-9-21(12-14-29)25(27)11-10-24-19-23(20-31-17-15-30(2)16-18-31)28-26(32-24)22-7-4-3-5-8-22;2*1-2/h3-9,12-14,19,24H,10-11,15-18,20H2,1-2H3;1-2H3;1H3. The molecule has 4 rings (SSSR count). The Morgan fingerprint density at radius 1 is 1.06 bits per heavy atom. The van der Waals surface area contributed by atoms with Crippen LogP contribution in [0.1, 0.15) is 32.3 Å². The minimum atomic E-state index is 0.372. The van der Waals surface area contributed by atoms with Gasteiger partial charge in [0.1, 0.15) is 0 Å². The first-order chi connectivity index (χ1) is 17.6. The first-order valence-corrected chi connectivity index (χ1v) is 13.7. The van der Waals surface area contributed by atoms with Gasteiger partial charge in [-0.15, -0.1) is 0 Å². The molecule has 1 aromatic carbocycles. The zero-order valence-electron chi connectivity index (χ0n) is 22.5. The Morgan fingerprint density at radius 3 is 2.44 bits per heavy atom. The van der Waals surface area contributed by atoms with Crippen molar-refractivity contribution in [3.8, 4) is 0 Å². The number of likely N-dealkylation sites (N-methyl/N-ethyl adjacent to an activating group) is 1. The number of benzene rings is 1. The van der Waals surface area contributed by atoms with E-state index in [0.717, 1.165) is 61.6 Å². The summed E-state index contributed by atoms with van der Waals surface area (Å²) in [6.07, 6.45) is 14.5. The topological polar surface area (TPSA) is 22.1 Å². The van der Waals surface area contributed by atoms with Gasteiger partial charge in [0.2, 0.25) is 0 Å². The van der Waals surface area contributed by atoms with Crippen LogP contribution < -0.4 is 0 Å². The molecule has 1 radical (unpaired) electrons. The summed E-state index contributed by atoms with van der Waals surface area (Å²) in [4.78, 5) is 12.0. The summed E-state index contributed by atoms with van der Waals surface area (Å²) in [7, 11) is 11.2. The van der Waals surface area contributed by atoms with Crippen molar-refractivity contribution in [3.05, 3.63) is 83.9 Å². The molecule has 0 spiro atoms. The number of hydrogen-bond donors (Lipinski definition) is 0. The maximum atomic E-state index is 9.50. The van der Waals surface area contributed by atoms with Crippen LogP contribution in [0.5, 0.6) is 0 Å². The van der Waals surface area contributed by atoms with E-state index in [1.165, 1.54) is 11.3 Å². The molecule has 193 valence electrons. The van der Waals surface area contributed by atoms with E-state index < -0.39 is 0 Å². The zero-order chi connectivity index (χ0) is 26.3. The molecule has 3 aliphatic heterocycles. The number of nitrogens with zero attached hydrogens (tertiary/aromatic N) is 4. The van der Waals surface area contributed by atoms with Gasteiger partial charge in [-0.25, -0.2) is 0 Å². The molecule has 3 aliphatic rings. The van der Waals surface area contributed by atoms with Crippen molar-refractivity contribution in [2.75, 3.05) is 54.0 Å². The fourth-order valence-electron chi connectivity index (χ4n) is 4.01. The molecule has 0 bridgehead atoms. The number of alkyl halides is 1. The molecule has 1 atom stereocenters. The SMILES string of the molecule is CC.CF.[B]=C(CCC1C=C(CN2CCN(C)CC2)N=C(c2ccccc2)S1)C1=CC=CN(C)C=C1. The van der Waals surface area contributed by atoms with Gasteiger partial charge in [-0.2, -0.15) is 0 Å². The first kappa shape index (κ1) is 30.0. The first-order valence-electron chi connectivity index (χ1n) is 12.8. The summed E-state index contributed by atoms with van der Waals surface area (Å²) in [5.74, 6) is 0. The van der Waals surface area contributed by atoms with Crippen molar-refractivity contribution in [1.82, 2.24) is 14.7 Å². The minimum absolute atomic E-state index is 0.372. The van der Waals surface area contributed by atoms with E-state index in [4.69, 9.17) is 12.5 Å². The number of hydrogen-bond acceptors (Lipinski definition) is 5. The predicted molar refractivity (Wildman–Crippen MR) is 159 cm³/mol. The molecule has 0 aliphatic carbocycles. The van der Waals surface area contributed by atoms with Crippen LogP contribution in [0.3, 0.4) is 0 Å². The Hall–Kier alpha value is -2.22. The van der Waals surface area contributed by atoms with Crippen molar-refractivity contribution in [3.63, 3.8) is 0 Å². The number of aliphatic imine (C=N–C) groups is 1. The van der Waals surface area contributed by atoms with Crippen molar-refractivity contribution in [2.24, 2.45) is 4.99 Å². The fraction of sp³-hybridized carbons (Fsp3) is 0.448. The van der Waals surface area contributed by atoms with Crippen LogP contribution in [-0.2, 0) is 0 Å². The van der Waals surface area contributed by atoms with Crippen molar-refractivity contribution in [2.45, 2.75) is 31.9 Å². The van der Waals surface area contributed by atoms with E-state index in [9.17, 15) is 4.39 Å². The van der Waals surface area contributed by atoms with Crippen molar-refractivity contribution >= 4 is 29.8 Å². The summed E-state index contributed by atoms with van der Waals surface area (Å²) in [5, 5.41) is 1.50. The van der Waals surface area contributed by atoms with Crippen molar-refractivity contribution < 1.29 is 4.39 Å². The number of allylic oxidation sites excluding steroid dienone is 4. The fourth-order valence-corrected chi connectivity index (χ4v) is 5.20. The molecule has 0 amide bonds. The molecule has 4 nitrogen and oxygen atoms in total. The molecule has 7 heteroatoms. The number of piperazine rings is 1. The van der Waals surface area contributed by atoms with Crippen molar-refractivity contribution in [1.29, 1.82) is 0 Å². The molecule has 0 N–H and O–H groups in total. The third-order valence-electron chi connectivity index (χ3n) is 6.04. The Labute approximate surface area is 223 Å². The molecular formula is C29H41BFN4S. The van der Waals surface area contributed by atoms with E-state index in [0.29, 0.717) is 12.4 Å². The van der Waals surface area contributed by atoms with Gasteiger partial charge < -0.3 is 0 Å². The maximum absolute atomic E-state index is 9.50. The van der Waals surface area contributed by atoms with E-state index in [-0.39, 0.29) is 0 Å². The van der Waals surface area contributed by atoms with Crippen LogP contribution in [0, 0.1) is 0 Å². The third kappa shape index (κ3) is 9.68. The van der Waals surface area contributed by atoms with Crippen LogP contribution >= 0.6 is 11.8 Å². The molecule has 0 saturated carbocycles. The zero-order valence-corrected chi connectivity index (χ0v) is 23.3. The van der Waals surface area contributed by atoms with Gasteiger partial charge in [0, 0.05) is 0 Å². The van der Waals surface area contributed by atoms with E-state index in [1.54, 1.807) is 0 Å². The second-order valence-electron chi connectivity index (χ2n) is 8.69. The van der Waals surface area contributed by atoms with E-state index >= 15 is 0 Å². The summed E-state index contributed by atoms with van der Waals surface area (Å²) >= 11 is 1.86. The average Bonchev–Trinajstić information content (AvgIpc) is 3.16. The molecule has 36 heavy (non-hydrogen) atoms. The van der Waals surface area contributed by atoms with Crippen LogP contribution in [0.2, 0.25) is 0 Å². The molecule has 1 saturated heterocycles. The van der Waals surface area contributed by atoms with Gasteiger partial charge in [-0.05, 0) is 0 Å². The average molecular weight is 508 g/mol. The van der Waals surface area contributed by atoms with Crippen LogP contribution in [0.4, 0.5) is 4.39 Å². The Morgan fingerprint density at radius 2 is 1.75 bits per heavy atom. The van der Waals surface area contributed by atoms with Crippen LogP contribution in [0.25, 0.3) is 0 Å². The van der Waals surface area contributed by atoms with Gasteiger partial charge in [0.15, 0.2) is 0 Å².